The number of nitrogens with zero attached hydrogens (tertiary/aromatic N) is 1. The van der Waals surface area contributed by atoms with Gasteiger partial charge in [0.15, 0.2) is 11.5 Å². The average molecular weight is 372 g/mol. The molecule has 6 nitrogen and oxygen atoms in total. The first-order valence-corrected chi connectivity index (χ1v) is 9.39. The molecule has 3 unspecified atom stereocenters. The standard InChI is InChI=1S/C21H28N2O4/c1-3-26-18-10-9-14(12-19(18)27-4-2)11-15(22)13-23-20(24)16-7-5-6-8-17(16)21(23)25/h5-10,12,15,20-21,24-25H,3-4,11,13,22H2,1-2H3. The van der Waals surface area contributed by atoms with Crippen LogP contribution in [0.2, 0.25) is 0 Å². The van der Waals surface area contributed by atoms with Gasteiger partial charge in [-0.3, -0.25) is 0 Å². The summed E-state index contributed by atoms with van der Waals surface area (Å²) >= 11 is 0. The molecule has 1 aliphatic rings. The molecule has 4 N–H and O–H groups in total. The average Bonchev–Trinajstić information content (AvgIpc) is 2.89. The van der Waals surface area contributed by atoms with Crippen LogP contribution in [0, 0.1) is 0 Å². The Morgan fingerprint density at radius 1 is 0.963 bits per heavy atom. The highest BCUT2D eigenvalue weighted by atomic mass is 16.5. The molecule has 0 amide bonds. The number of hydrogen-bond acceptors (Lipinski definition) is 6. The Labute approximate surface area is 160 Å². The molecule has 146 valence electrons. The van der Waals surface area contributed by atoms with Crippen LogP contribution in [-0.2, 0) is 6.42 Å². The monoisotopic (exact) mass is 372 g/mol. The van der Waals surface area contributed by atoms with E-state index in [1.807, 2.05) is 56.3 Å². The second-order valence-electron chi connectivity index (χ2n) is 6.68. The van der Waals surface area contributed by atoms with E-state index in [-0.39, 0.29) is 6.04 Å². The Morgan fingerprint density at radius 3 is 2.15 bits per heavy atom. The first-order chi connectivity index (χ1) is 13.0. The van der Waals surface area contributed by atoms with Gasteiger partial charge in [0, 0.05) is 23.7 Å². The fraction of sp³-hybridized carbons (Fsp3) is 0.429. The molecular weight excluding hydrogens is 344 g/mol. The Hall–Kier alpha value is -2.12. The van der Waals surface area contributed by atoms with Crippen molar-refractivity contribution in [1.29, 1.82) is 0 Å². The van der Waals surface area contributed by atoms with Crippen LogP contribution in [0.1, 0.15) is 43.0 Å². The fourth-order valence-electron chi connectivity index (χ4n) is 3.53. The van der Waals surface area contributed by atoms with Crippen molar-refractivity contribution < 1.29 is 19.7 Å². The van der Waals surface area contributed by atoms with E-state index in [4.69, 9.17) is 15.2 Å². The first kappa shape index (κ1) is 19.6. The maximum absolute atomic E-state index is 10.5. The van der Waals surface area contributed by atoms with Crippen molar-refractivity contribution >= 4 is 0 Å². The molecule has 6 heteroatoms. The minimum atomic E-state index is -0.846. The van der Waals surface area contributed by atoms with Gasteiger partial charge in [0.2, 0.25) is 0 Å². The molecule has 3 atom stereocenters. The Kier molecular flexibility index (Phi) is 6.34. The maximum Gasteiger partial charge on any atom is 0.161 e. The summed E-state index contributed by atoms with van der Waals surface area (Å²) in [5.41, 5.74) is 8.82. The zero-order valence-corrected chi connectivity index (χ0v) is 15.8. The number of benzene rings is 2. The summed E-state index contributed by atoms with van der Waals surface area (Å²) in [5.74, 6) is 1.43. The Balaban J connectivity index is 1.68. The first-order valence-electron chi connectivity index (χ1n) is 9.39. The molecule has 0 bridgehead atoms. The Bertz CT molecular complexity index is 739. The van der Waals surface area contributed by atoms with Crippen molar-refractivity contribution in [2.75, 3.05) is 19.8 Å². The smallest absolute Gasteiger partial charge is 0.161 e. The predicted octanol–water partition coefficient (Wildman–Crippen LogP) is 2.35. The highest BCUT2D eigenvalue weighted by Gasteiger charge is 2.36. The van der Waals surface area contributed by atoms with Crippen molar-refractivity contribution in [1.82, 2.24) is 4.90 Å². The van der Waals surface area contributed by atoms with Crippen LogP contribution in [0.4, 0.5) is 0 Å². The normalized spacial score (nSPS) is 20.3. The van der Waals surface area contributed by atoms with Crippen LogP contribution in [0.25, 0.3) is 0 Å². The molecule has 0 aliphatic carbocycles. The molecule has 2 aromatic rings. The van der Waals surface area contributed by atoms with Crippen molar-refractivity contribution in [2.24, 2.45) is 5.73 Å². The van der Waals surface area contributed by atoms with E-state index in [1.165, 1.54) is 0 Å². The summed E-state index contributed by atoms with van der Waals surface area (Å²) in [7, 11) is 0. The SMILES string of the molecule is CCOc1ccc(CC(N)CN2C(O)c3ccccc3C2O)cc1OCC. The second kappa shape index (κ2) is 8.71. The van der Waals surface area contributed by atoms with E-state index in [9.17, 15) is 10.2 Å². The number of nitrogens with two attached hydrogens (primary N) is 1. The van der Waals surface area contributed by atoms with Gasteiger partial charge in [-0.25, -0.2) is 4.90 Å². The molecule has 0 fully saturated rings. The molecule has 27 heavy (non-hydrogen) atoms. The maximum atomic E-state index is 10.5. The molecule has 2 aromatic carbocycles. The van der Waals surface area contributed by atoms with Crippen LogP contribution < -0.4 is 15.2 Å². The van der Waals surface area contributed by atoms with Crippen LogP contribution in [0.3, 0.4) is 0 Å². The van der Waals surface area contributed by atoms with Gasteiger partial charge in [0.1, 0.15) is 12.5 Å². The molecule has 0 aromatic heterocycles. The van der Waals surface area contributed by atoms with Crippen LogP contribution in [0.5, 0.6) is 11.5 Å². The van der Waals surface area contributed by atoms with Gasteiger partial charge in [-0.15, -0.1) is 0 Å². The fourth-order valence-corrected chi connectivity index (χ4v) is 3.53. The van der Waals surface area contributed by atoms with Crippen LogP contribution in [0.15, 0.2) is 42.5 Å². The summed E-state index contributed by atoms with van der Waals surface area (Å²) in [6.45, 7) is 5.37. The van der Waals surface area contributed by atoms with E-state index >= 15 is 0 Å². The zero-order valence-electron chi connectivity index (χ0n) is 15.8. The van der Waals surface area contributed by atoms with E-state index in [2.05, 4.69) is 0 Å². The third kappa shape index (κ3) is 4.25. The minimum Gasteiger partial charge on any atom is -0.490 e. The summed E-state index contributed by atoms with van der Waals surface area (Å²) < 4.78 is 11.3. The second-order valence-corrected chi connectivity index (χ2v) is 6.68. The zero-order chi connectivity index (χ0) is 19.4. The molecule has 0 spiro atoms. The molecule has 3 rings (SSSR count). The third-order valence-electron chi connectivity index (χ3n) is 4.73. The van der Waals surface area contributed by atoms with E-state index in [0.29, 0.717) is 31.9 Å². The summed E-state index contributed by atoms with van der Waals surface area (Å²) in [6.07, 6.45) is -1.10. The lowest BCUT2D eigenvalue weighted by Gasteiger charge is -2.27. The summed E-state index contributed by atoms with van der Waals surface area (Å²) in [5, 5.41) is 21.0. The van der Waals surface area contributed by atoms with Crippen molar-refractivity contribution in [3.8, 4) is 11.5 Å². The molecule has 0 radical (unpaired) electrons. The lowest BCUT2D eigenvalue weighted by molar-refractivity contribution is -0.0868. The number of fused-ring (bicyclic) bond motifs is 1. The van der Waals surface area contributed by atoms with Gasteiger partial charge in [-0.2, -0.15) is 0 Å². The van der Waals surface area contributed by atoms with Gasteiger partial charge in [-0.1, -0.05) is 30.3 Å². The number of aliphatic hydroxyl groups excluding tert-OH is 2. The lowest BCUT2D eigenvalue weighted by Crippen LogP contribution is -2.39. The highest BCUT2D eigenvalue weighted by Crippen LogP contribution is 2.38. The number of aliphatic hydroxyl groups is 2. The van der Waals surface area contributed by atoms with Gasteiger partial charge in [0.05, 0.1) is 13.2 Å². The van der Waals surface area contributed by atoms with Gasteiger partial charge in [0.25, 0.3) is 0 Å². The van der Waals surface area contributed by atoms with Crippen LogP contribution in [-0.4, -0.2) is 40.9 Å². The van der Waals surface area contributed by atoms with E-state index in [1.54, 1.807) is 4.90 Å². The van der Waals surface area contributed by atoms with Gasteiger partial charge >= 0.3 is 0 Å². The number of ether oxygens (including phenoxy) is 2. The van der Waals surface area contributed by atoms with Gasteiger partial charge in [-0.05, 0) is 38.0 Å². The Morgan fingerprint density at radius 2 is 1.56 bits per heavy atom. The predicted molar refractivity (Wildman–Crippen MR) is 104 cm³/mol. The third-order valence-corrected chi connectivity index (χ3v) is 4.73. The molecule has 1 heterocycles. The topological polar surface area (TPSA) is 88.2 Å². The van der Waals surface area contributed by atoms with Crippen LogP contribution >= 0.6 is 0 Å². The summed E-state index contributed by atoms with van der Waals surface area (Å²) in [6, 6.07) is 12.9. The van der Waals surface area contributed by atoms with Gasteiger partial charge < -0.3 is 25.4 Å². The van der Waals surface area contributed by atoms with Crippen molar-refractivity contribution in [3.63, 3.8) is 0 Å². The number of hydrogen-bond donors (Lipinski definition) is 3. The number of rotatable bonds is 8. The van der Waals surface area contributed by atoms with E-state index in [0.717, 1.165) is 22.4 Å². The highest BCUT2D eigenvalue weighted by molar-refractivity contribution is 5.43. The lowest BCUT2D eigenvalue weighted by atomic mass is 10.1. The molecule has 0 saturated carbocycles. The van der Waals surface area contributed by atoms with Crippen molar-refractivity contribution in [3.05, 3.63) is 59.2 Å². The van der Waals surface area contributed by atoms with E-state index < -0.39 is 12.5 Å². The largest absolute Gasteiger partial charge is 0.490 e. The van der Waals surface area contributed by atoms with Crippen molar-refractivity contribution in [2.45, 2.75) is 38.8 Å². The minimum absolute atomic E-state index is 0.254. The quantitative estimate of drug-likeness (QED) is 0.659. The summed E-state index contributed by atoms with van der Waals surface area (Å²) in [4.78, 5) is 1.62. The molecule has 1 aliphatic heterocycles. The molecule has 0 saturated heterocycles. The molecular formula is C21H28N2O4.